The number of fused-ring (bicyclic) bond motifs is 1. The van der Waals surface area contributed by atoms with Crippen LogP contribution in [0.25, 0.3) is 22.2 Å². The number of nitrogens with one attached hydrogen (secondary N) is 3. The van der Waals surface area contributed by atoms with E-state index in [0.29, 0.717) is 5.92 Å². The number of nitrogens with zero attached hydrogens (tertiary/aromatic N) is 4. The molecule has 3 aromatic heterocycles. The van der Waals surface area contributed by atoms with Gasteiger partial charge in [0, 0.05) is 36.8 Å². The van der Waals surface area contributed by atoms with E-state index in [1.165, 1.54) is 5.57 Å². The number of hydrogen-bond acceptors (Lipinski definition) is 6. The molecule has 0 aromatic carbocycles. The Kier molecular flexibility index (Phi) is 4.97. The molecule has 1 aliphatic rings. The number of aryl methyl sites for hydroxylation is 1. The first-order valence-electron chi connectivity index (χ1n) is 9.62. The van der Waals surface area contributed by atoms with Gasteiger partial charge in [0.15, 0.2) is 0 Å². The van der Waals surface area contributed by atoms with E-state index in [2.05, 4.69) is 46.2 Å². The number of anilines is 1. The molecule has 28 heavy (non-hydrogen) atoms. The first kappa shape index (κ1) is 18.0. The molecule has 0 spiro atoms. The van der Waals surface area contributed by atoms with Crippen LogP contribution in [-0.4, -0.2) is 19.7 Å². The average molecular weight is 375 g/mol. The Bertz CT molecular complexity index is 1040. The number of hydrazine groups is 1. The highest BCUT2D eigenvalue weighted by molar-refractivity contribution is 5.81. The molecule has 3 aromatic rings. The molecule has 7 heteroatoms. The summed E-state index contributed by atoms with van der Waals surface area (Å²) in [5.74, 6) is 2.19. The standard InChI is InChI=1S/C21H25N7/c1-4-14(5-2)16-9-21(27-23-11-16)26-20-7-6-18-19(25-20)8-15(10-22-18)17-12-24-28(3)13-17/h6-14,23,27H,4-5H2,1-3H3,(H,25,26). The normalized spacial score (nSPS) is 13.7. The second kappa shape index (κ2) is 7.72. The fourth-order valence-corrected chi connectivity index (χ4v) is 3.45. The Morgan fingerprint density at radius 2 is 1.96 bits per heavy atom. The van der Waals surface area contributed by atoms with Gasteiger partial charge in [-0.15, -0.1) is 0 Å². The molecule has 0 saturated heterocycles. The minimum atomic E-state index is 0.544. The van der Waals surface area contributed by atoms with Crippen LogP contribution in [0.15, 0.2) is 60.5 Å². The molecule has 1 aliphatic heterocycles. The van der Waals surface area contributed by atoms with Crippen molar-refractivity contribution in [3.63, 3.8) is 0 Å². The third kappa shape index (κ3) is 3.69. The molecule has 7 nitrogen and oxygen atoms in total. The maximum Gasteiger partial charge on any atom is 0.132 e. The van der Waals surface area contributed by atoms with Crippen LogP contribution in [0.5, 0.6) is 0 Å². The molecule has 0 bridgehead atoms. The number of allylic oxidation sites excluding steroid dienone is 2. The molecular weight excluding hydrogens is 350 g/mol. The Hall–Kier alpha value is -3.35. The van der Waals surface area contributed by atoms with E-state index in [1.54, 1.807) is 4.68 Å². The fraction of sp³-hybridized carbons (Fsp3) is 0.286. The summed E-state index contributed by atoms with van der Waals surface area (Å²) < 4.78 is 1.78. The van der Waals surface area contributed by atoms with Crippen molar-refractivity contribution in [2.24, 2.45) is 13.0 Å². The van der Waals surface area contributed by atoms with Crippen molar-refractivity contribution in [3.8, 4) is 11.1 Å². The molecule has 0 atom stereocenters. The molecule has 0 saturated carbocycles. The third-order valence-corrected chi connectivity index (χ3v) is 5.05. The lowest BCUT2D eigenvalue weighted by molar-refractivity contribution is 0.564. The maximum absolute atomic E-state index is 4.74. The van der Waals surface area contributed by atoms with Crippen LogP contribution in [0.3, 0.4) is 0 Å². The summed E-state index contributed by atoms with van der Waals surface area (Å²) in [6.07, 6.45) is 12.1. The summed E-state index contributed by atoms with van der Waals surface area (Å²) in [5, 5.41) is 7.59. The molecule has 0 amide bonds. The van der Waals surface area contributed by atoms with Gasteiger partial charge in [0.2, 0.25) is 0 Å². The highest BCUT2D eigenvalue weighted by Gasteiger charge is 2.13. The minimum absolute atomic E-state index is 0.544. The maximum atomic E-state index is 4.74. The van der Waals surface area contributed by atoms with Gasteiger partial charge in [-0.1, -0.05) is 13.8 Å². The van der Waals surface area contributed by atoms with Gasteiger partial charge in [0.05, 0.1) is 17.2 Å². The van der Waals surface area contributed by atoms with Crippen LogP contribution >= 0.6 is 0 Å². The van der Waals surface area contributed by atoms with Gasteiger partial charge in [-0.2, -0.15) is 5.10 Å². The van der Waals surface area contributed by atoms with E-state index in [9.17, 15) is 0 Å². The Morgan fingerprint density at radius 3 is 2.71 bits per heavy atom. The zero-order chi connectivity index (χ0) is 19.5. The van der Waals surface area contributed by atoms with Crippen LogP contribution in [0.4, 0.5) is 5.82 Å². The lowest BCUT2D eigenvalue weighted by atomic mass is 9.94. The highest BCUT2D eigenvalue weighted by atomic mass is 15.4. The van der Waals surface area contributed by atoms with Gasteiger partial charge in [0.25, 0.3) is 0 Å². The number of aromatic nitrogens is 4. The van der Waals surface area contributed by atoms with Crippen LogP contribution in [-0.2, 0) is 7.05 Å². The lowest BCUT2D eigenvalue weighted by Gasteiger charge is -2.22. The minimum Gasteiger partial charge on any atom is -0.325 e. The summed E-state index contributed by atoms with van der Waals surface area (Å²) >= 11 is 0. The molecule has 3 N–H and O–H groups in total. The SMILES string of the molecule is CCC(CC)C1=CNNC(Nc2ccc3ncc(-c4cnn(C)c4)cc3n2)=C1. The molecule has 4 rings (SSSR count). The van der Waals surface area contributed by atoms with Crippen LogP contribution in [0.1, 0.15) is 26.7 Å². The van der Waals surface area contributed by atoms with Gasteiger partial charge in [-0.25, -0.2) is 4.98 Å². The quantitative estimate of drug-likeness (QED) is 0.609. The van der Waals surface area contributed by atoms with Crippen molar-refractivity contribution in [1.82, 2.24) is 30.6 Å². The Labute approximate surface area is 164 Å². The summed E-state index contributed by atoms with van der Waals surface area (Å²) in [4.78, 5) is 9.28. The van der Waals surface area contributed by atoms with E-state index in [4.69, 9.17) is 4.98 Å². The van der Waals surface area contributed by atoms with Crippen LogP contribution < -0.4 is 16.2 Å². The molecule has 4 heterocycles. The van der Waals surface area contributed by atoms with Crippen molar-refractivity contribution in [1.29, 1.82) is 0 Å². The van der Waals surface area contributed by atoms with Crippen molar-refractivity contribution in [2.45, 2.75) is 26.7 Å². The predicted octanol–water partition coefficient (Wildman–Crippen LogP) is 3.71. The largest absolute Gasteiger partial charge is 0.325 e. The second-order valence-corrected chi connectivity index (χ2v) is 6.97. The van der Waals surface area contributed by atoms with Crippen LogP contribution in [0.2, 0.25) is 0 Å². The number of rotatable bonds is 6. The first-order chi connectivity index (χ1) is 13.7. The molecule has 0 fully saturated rings. The van der Waals surface area contributed by atoms with Crippen molar-refractivity contribution in [3.05, 3.63) is 60.5 Å². The smallest absolute Gasteiger partial charge is 0.132 e. The van der Waals surface area contributed by atoms with Crippen LogP contribution in [0, 0.1) is 5.92 Å². The topological polar surface area (TPSA) is 79.7 Å². The summed E-state index contributed by atoms with van der Waals surface area (Å²) in [6, 6.07) is 5.96. The van der Waals surface area contributed by atoms with Gasteiger partial charge < -0.3 is 10.7 Å². The average Bonchev–Trinajstić information content (AvgIpc) is 3.15. The first-order valence-corrected chi connectivity index (χ1v) is 9.62. The van der Waals surface area contributed by atoms with E-state index in [0.717, 1.165) is 46.6 Å². The molecular formula is C21H25N7. The number of hydrogen-bond donors (Lipinski definition) is 3. The summed E-state index contributed by atoms with van der Waals surface area (Å²) in [5.41, 5.74) is 11.3. The lowest BCUT2D eigenvalue weighted by Crippen LogP contribution is -2.34. The van der Waals surface area contributed by atoms with Gasteiger partial charge in [-0.05, 0) is 48.6 Å². The van der Waals surface area contributed by atoms with Gasteiger partial charge in [-0.3, -0.25) is 15.1 Å². The van der Waals surface area contributed by atoms with E-state index >= 15 is 0 Å². The second-order valence-electron chi connectivity index (χ2n) is 6.97. The predicted molar refractivity (Wildman–Crippen MR) is 112 cm³/mol. The third-order valence-electron chi connectivity index (χ3n) is 5.05. The molecule has 144 valence electrons. The van der Waals surface area contributed by atoms with E-state index in [-0.39, 0.29) is 0 Å². The number of pyridine rings is 2. The zero-order valence-corrected chi connectivity index (χ0v) is 16.4. The molecule has 0 unspecified atom stereocenters. The summed E-state index contributed by atoms with van der Waals surface area (Å²) in [7, 11) is 1.90. The Morgan fingerprint density at radius 1 is 1.11 bits per heavy atom. The van der Waals surface area contributed by atoms with E-state index in [1.807, 2.05) is 50.0 Å². The fourth-order valence-electron chi connectivity index (χ4n) is 3.45. The van der Waals surface area contributed by atoms with Gasteiger partial charge in [0.1, 0.15) is 11.6 Å². The molecule has 0 radical (unpaired) electrons. The van der Waals surface area contributed by atoms with Crippen molar-refractivity contribution >= 4 is 16.9 Å². The van der Waals surface area contributed by atoms with Crippen molar-refractivity contribution in [2.75, 3.05) is 5.32 Å². The Balaban J connectivity index is 1.60. The van der Waals surface area contributed by atoms with E-state index < -0.39 is 0 Å². The zero-order valence-electron chi connectivity index (χ0n) is 16.4. The summed E-state index contributed by atoms with van der Waals surface area (Å²) in [6.45, 7) is 4.44. The highest BCUT2D eigenvalue weighted by Crippen LogP contribution is 2.24. The van der Waals surface area contributed by atoms with Crippen molar-refractivity contribution < 1.29 is 0 Å². The molecule has 0 aliphatic carbocycles. The monoisotopic (exact) mass is 375 g/mol. The van der Waals surface area contributed by atoms with Gasteiger partial charge >= 0.3 is 0 Å².